The molecule has 1 aromatic rings. The van der Waals surface area contributed by atoms with Gasteiger partial charge >= 0.3 is 0 Å². The predicted octanol–water partition coefficient (Wildman–Crippen LogP) is 2.43. The Morgan fingerprint density at radius 1 is 1.44 bits per heavy atom. The first-order valence-corrected chi connectivity index (χ1v) is 9.83. The Balaban J connectivity index is 2.02. The van der Waals surface area contributed by atoms with Crippen molar-refractivity contribution in [3.05, 3.63) is 29.5 Å². The van der Waals surface area contributed by atoms with Gasteiger partial charge in [0.05, 0.1) is 12.6 Å². The second-order valence-electron chi connectivity index (χ2n) is 8.08. The number of nitrogens with zero attached hydrogens (tertiary/aromatic N) is 3. The van der Waals surface area contributed by atoms with E-state index in [1.54, 1.807) is 4.90 Å². The monoisotopic (exact) mass is 373 g/mol. The summed E-state index contributed by atoms with van der Waals surface area (Å²) in [6, 6.07) is 1.67. The molecule has 1 aromatic heterocycles. The van der Waals surface area contributed by atoms with Gasteiger partial charge in [-0.1, -0.05) is 13.0 Å². The maximum Gasteiger partial charge on any atom is 0.259 e. The van der Waals surface area contributed by atoms with E-state index < -0.39 is 0 Å². The second kappa shape index (κ2) is 8.40. The molecular formula is C21H31N3O3. The van der Waals surface area contributed by atoms with Gasteiger partial charge in [-0.15, -0.1) is 0 Å². The van der Waals surface area contributed by atoms with Gasteiger partial charge in [0.25, 0.3) is 5.91 Å². The van der Waals surface area contributed by atoms with Crippen molar-refractivity contribution in [3.8, 4) is 5.88 Å². The molecule has 148 valence electrons. The van der Waals surface area contributed by atoms with Gasteiger partial charge in [-0.2, -0.15) is 0 Å². The number of carbonyl (C=O) groups excluding carboxylic acids is 1. The number of likely N-dealkylation sites (N-methyl/N-ethyl adjacent to an activating group) is 1. The molecule has 3 rings (SSSR count). The van der Waals surface area contributed by atoms with E-state index in [-0.39, 0.29) is 30.6 Å². The minimum absolute atomic E-state index is 0.0642. The Morgan fingerprint density at radius 3 is 2.85 bits per heavy atom. The molecule has 2 aliphatic rings. The topological polar surface area (TPSA) is 65.9 Å². The molecule has 2 heterocycles. The fraction of sp³-hybridized carbons (Fsp3) is 0.619. The number of aromatic nitrogens is 1. The summed E-state index contributed by atoms with van der Waals surface area (Å²) in [5.74, 6) is 0.406. The Labute approximate surface area is 161 Å². The maximum atomic E-state index is 13.3. The standard InChI is InChI=1S/C21H31N3O3/c1-14-11-24(15(2)13-25)21(26)18-9-17(16-7-5-6-8-16)10-22-20(18)27-19(14)12-23(3)4/h7,9-10,14-15,19,25H,5-6,8,11-13H2,1-4H3/t14-,15-,19+/m1/s1. The molecule has 0 saturated heterocycles. The van der Waals surface area contributed by atoms with E-state index in [0.717, 1.165) is 31.4 Å². The highest BCUT2D eigenvalue weighted by molar-refractivity contribution is 5.97. The fourth-order valence-corrected chi connectivity index (χ4v) is 3.79. The maximum absolute atomic E-state index is 13.3. The van der Waals surface area contributed by atoms with Crippen LogP contribution in [0.25, 0.3) is 5.57 Å². The highest BCUT2D eigenvalue weighted by Gasteiger charge is 2.34. The molecule has 3 atom stereocenters. The molecule has 1 aliphatic carbocycles. The van der Waals surface area contributed by atoms with Gasteiger partial charge in [0.15, 0.2) is 0 Å². The molecule has 27 heavy (non-hydrogen) atoms. The van der Waals surface area contributed by atoms with Crippen molar-refractivity contribution in [2.75, 3.05) is 33.8 Å². The third-order valence-corrected chi connectivity index (χ3v) is 5.48. The first kappa shape index (κ1) is 19.8. The number of hydrogen-bond donors (Lipinski definition) is 1. The van der Waals surface area contributed by atoms with E-state index in [2.05, 4.69) is 22.9 Å². The van der Waals surface area contributed by atoms with Gasteiger partial charge in [-0.05, 0) is 57.5 Å². The first-order valence-electron chi connectivity index (χ1n) is 9.83. The Morgan fingerprint density at radius 2 is 2.22 bits per heavy atom. The zero-order chi connectivity index (χ0) is 19.6. The zero-order valence-electron chi connectivity index (χ0n) is 16.8. The highest BCUT2D eigenvalue weighted by Crippen LogP contribution is 2.32. The van der Waals surface area contributed by atoms with Crippen LogP contribution in [0.4, 0.5) is 0 Å². The van der Waals surface area contributed by atoms with Crippen molar-refractivity contribution in [2.45, 2.75) is 45.3 Å². The van der Waals surface area contributed by atoms with Crippen LogP contribution in [0.1, 0.15) is 49.0 Å². The molecule has 0 unspecified atom stereocenters. The van der Waals surface area contributed by atoms with Crippen molar-refractivity contribution < 1.29 is 14.6 Å². The molecule has 6 heteroatoms. The second-order valence-corrected chi connectivity index (χ2v) is 8.08. The van der Waals surface area contributed by atoms with Gasteiger partial charge in [0.2, 0.25) is 5.88 Å². The summed E-state index contributed by atoms with van der Waals surface area (Å²) in [7, 11) is 4.02. The van der Waals surface area contributed by atoms with Crippen LogP contribution in [0.5, 0.6) is 5.88 Å². The van der Waals surface area contributed by atoms with Crippen molar-refractivity contribution >= 4 is 11.5 Å². The smallest absolute Gasteiger partial charge is 0.259 e. The van der Waals surface area contributed by atoms with E-state index in [1.165, 1.54) is 5.57 Å². The predicted molar refractivity (Wildman–Crippen MR) is 106 cm³/mol. The average Bonchev–Trinajstić information content (AvgIpc) is 3.18. The van der Waals surface area contributed by atoms with Crippen molar-refractivity contribution in [1.82, 2.24) is 14.8 Å². The number of amides is 1. The van der Waals surface area contributed by atoms with Crippen LogP contribution in [0, 0.1) is 5.92 Å². The minimum atomic E-state index is -0.250. The molecular weight excluding hydrogens is 342 g/mol. The molecule has 0 radical (unpaired) electrons. The summed E-state index contributed by atoms with van der Waals surface area (Å²) in [5.41, 5.74) is 2.74. The lowest BCUT2D eigenvalue weighted by Crippen LogP contribution is -2.49. The molecule has 0 fully saturated rings. The lowest BCUT2D eigenvalue weighted by Gasteiger charge is -2.37. The lowest BCUT2D eigenvalue weighted by atomic mass is 9.99. The largest absolute Gasteiger partial charge is 0.472 e. The van der Waals surface area contributed by atoms with Crippen LogP contribution in [-0.4, -0.2) is 71.7 Å². The molecule has 1 N–H and O–H groups in total. The number of ether oxygens (including phenoxy) is 1. The fourth-order valence-electron chi connectivity index (χ4n) is 3.79. The Bertz CT molecular complexity index is 717. The Kier molecular flexibility index (Phi) is 6.17. The van der Waals surface area contributed by atoms with Crippen LogP contribution < -0.4 is 4.74 Å². The van der Waals surface area contributed by atoms with E-state index >= 15 is 0 Å². The molecule has 1 amide bonds. The summed E-state index contributed by atoms with van der Waals surface area (Å²) in [6.07, 6.45) is 7.21. The number of carbonyl (C=O) groups is 1. The molecule has 0 bridgehead atoms. The summed E-state index contributed by atoms with van der Waals surface area (Å²) >= 11 is 0. The van der Waals surface area contributed by atoms with Crippen LogP contribution in [0.15, 0.2) is 18.3 Å². The zero-order valence-corrected chi connectivity index (χ0v) is 16.8. The van der Waals surface area contributed by atoms with Gasteiger partial charge in [0, 0.05) is 25.2 Å². The normalized spacial score (nSPS) is 24.1. The summed E-state index contributed by atoms with van der Waals surface area (Å²) in [5, 5.41) is 9.68. The third kappa shape index (κ3) is 4.33. The Hall–Kier alpha value is -1.92. The number of aliphatic hydroxyl groups is 1. The van der Waals surface area contributed by atoms with Crippen molar-refractivity contribution in [3.63, 3.8) is 0 Å². The summed E-state index contributed by atoms with van der Waals surface area (Å²) in [6.45, 7) is 5.19. The van der Waals surface area contributed by atoms with Gasteiger partial charge in [0.1, 0.15) is 11.7 Å². The molecule has 0 aromatic carbocycles. The van der Waals surface area contributed by atoms with Crippen LogP contribution in [0.3, 0.4) is 0 Å². The van der Waals surface area contributed by atoms with Crippen LogP contribution in [0.2, 0.25) is 0 Å². The van der Waals surface area contributed by atoms with Crippen LogP contribution in [-0.2, 0) is 0 Å². The van der Waals surface area contributed by atoms with Crippen LogP contribution >= 0.6 is 0 Å². The van der Waals surface area contributed by atoms with E-state index in [0.29, 0.717) is 18.0 Å². The average molecular weight is 373 g/mol. The highest BCUT2D eigenvalue weighted by atomic mass is 16.5. The summed E-state index contributed by atoms with van der Waals surface area (Å²) < 4.78 is 6.23. The third-order valence-electron chi connectivity index (χ3n) is 5.48. The number of rotatable bonds is 5. The molecule has 0 spiro atoms. The van der Waals surface area contributed by atoms with Gasteiger partial charge < -0.3 is 19.6 Å². The number of allylic oxidation sites excluding steroid dienone is 2. The van der Waals surface area contributed by atoms with E-state index in [4.69, 9.17) is 4.74 Å². The SMILES string of the molecule is C[C@@H]1CN([C@H](C)CO)C(=O)c2cc(C3=CCCC3)cnc2O[C@H]1CN(C)C. The number of hydrogen-bond acceptors (Lipinski definition) is 5. The minimum Gasteiger partial charge on any atom is -0.472 e. The lowest BCUT2D eigenvalue weighted by molar-refractivity contribution is 0.0348. The quantitative estimate of drug-likeness (QED) is 0.859. The van der Waals surface area contributed by atoms with E-state index in [1.807, 2.05) is 33.3 Å². The van der Waals surface area contributed by atoms with Crippen molar-refractivity contribution in [2.24, 2.45) is 5.92 Å². The molecule has 6 nitrogen and oxygen atoms in total. The van der Waals surface area contributed by atoms with Crippen molar-refractivity contribution in [1.29, 1.82) is 0 Å². The number of pyridine rings is 1. The van der Waals surface area contributed by atoms with Gasteiger partial charge in [-0.3, -0.25) is 4.79 Å². The molecule has 0 saturated carbocycles. The summed E-state index contributed by atoms with van der Waals surface area (Å²) in [4.78, 5) is 21.7. The number of fused-ring (bicyclic) bond motifs is 1. The van der Waals surface area contributed by atoms with Gasteiger partial charge in [-0.25, -0.2) is 4.98 Å². The first-order chi connectivity index (χ1) is 12.9. The molecule has 1 aliphatic heterocycles. The number of aliphatic hydroxyl groups excluding tert-OH is 1. The van der Waals surface area contributed by atoms with E-state index in [9.17, 15) is 9.90 Å².